The average molecular weight is 181 g/mol. The van der Waals surface area contributed by atoms with E-state index in [0.29, 0.717) is 6.54 Å². The number of aromatic nitrogens is 2. The monoisotopic (exact) mass is 181 g/mol. The molecule has 0 unspecified atom stereocenters. The summed E-state index contributed by atoms with van der Waals surface area (Å²) in [7, 11) is 0. The molecule has 0 aliphatic heterocycles. The van der Waals surface area contributed by atoms with Crippen molar-refractivity contribution < 1.29 is 4.79 Å². The van der Waals surface area contributed by atoms with E-state index in [0.717, 1.165) is 13.1 Å². The number of hydrogen-bond acceptors (Lipinski definition) is 2. The first-order chi connectivity index (χ1) is 6.27. The van der Waals surface area contributed by atoms with Crippen LogP contribution in [0.5, 0.6) is 0 Å². The van der Waals surface area contributed by atoms with Gasteiger partial charge in [-0.2, -0.15) is 5.10 Å². The van der Waals surface area contributed by atoms with Gasteiger partial charge >= 0.3 is 0 Å². The molecule has 0 N–H and O–H groups in total. The highest BCUT2D eigenvalue weighted by Gasteiger charge is 2.09. The molecule has 0 atom stereocenters. The first kappa shape index (κ1) is 9.77. The summed E-state index contributed by atoms with van der Waals surface area (Å²) in [5.41, 5.74) is 0. The molecule has 4 nitrogen and oxygen atoms in total. The summed E-state index contributed by atoms with van der Waals surface area (Å²) in [4.78, 5) is 13.3. The summed E-state index contributed by atoms with van der Waals surface area (Å²) in [6.45, 7) is 5.82. The third kappa shape index (κ3) is 2.57. The van der Waals surface area contributed by atoms with Crippen LogP contribution < -0.4 is 0 Å². The molecular formula is C9H15N3O. The van der Waals surface area contributed by atoms with Crippen molar-refractivity contribution in [1.82, 2.24) is 14.7 Å². The Balaban J connectivity index is 2.49. The number of rotatable bonds is 4. The van der Waals surface area contributed by atoms with Gasteiger partial charge in [0.25, 0.3) is 0 Å². The molecule has 1 amide bonds. The molecule has 0 aliphatic carbocycles. The Labute approximate surface area is 78.1 Å². The van der Waals surface area contributed by atoms with Crippen LogP contribution in [0.2, 0.25) is 0 Å². The molecule has 0 radical (unpaired) electrons. The van der Waals surface area contributed by atoms with E-state index in [-0.39, 0.29) is 5.91 Å². The second-order valence-corrected chi connectivity index (χ2v) is 2.77. The van der Waals surface area contributed by atoms with Gasteiger partial charge in [-0.25, -0.2) is 0 Å². The lowest BCUT2D eigenvalue weighted by Gasteiger charge is -2.18. The van der Waals surface area contributed by atoms with Crippen LogP contribution >= 0.6 is 0 Å². The smallest absolute Gasteiger partial charge is 0.244 e. The highest BCUT2D eigenvalue weighted by Crippen LogP contribution is 1.92. The van der Waals surface area contributed by atoms with Gasteiger partial charge in [0.2, 0.25) is 5.91 Å². The Morgan fingerprint density at radius 2 is 2.15 bits per heavy atom. The summed E-state index contributed by atoms with van der Waals surface area (Å²) in [6.07, 6.45) is 3.47. The molecule has 0 saturated heterocycles. The zero-order chi connectivity index (χ0) is 9.68. The quantitative estimate of drug-likeness (QED) is 0.687. The number of carbonyl (C=O) groups is 1. The third-order valence-electron chi connectivity index (χ3n) is 1.97. The zero-order valence-electron chi connectivity index (χ0n) is 8.10. The Morgan fingerprint density at radius 1 is 1.46 bits per heavy atom. The van der Waals surface area contributed by atoms with Crippen LogP contribution in [0.4, 0.5) is 0 Å². The van der Waals surface area contributed by atoms with Gasteiger partial charge in [0, 0.05) is 25.5 Å². The van der Waals surface area contributed by atoms with E-state index < -0.39 is 0 Å². The number of carbonyl (C=O) groups excluding carboxylic acids is 1. The lowest BCUT2D eigenvalue weighted by molar-refractivity contribution is -0.131. The van der Waals surface area contributed by atoms with Crippen molar-refractivity contribution in [2.75, 3.05) is 13.1 Å². The maximum absolute atomic E-state index is 11.5. The van der Waals surface area contributed by atoms with E-state index in [1.54, 1.807) is 22.0 Å². The molecule has 0 spiro atoms. The van der Waals surface area contributed by atoms with Gasteiger partial charge in [-0.1, -0.05) is 0 Å². The lowest BCUT2D eigenvalue weighted by Crippen LogP contribution is -2.33. The Bertz CT molecular complexity index is 252. The predicted octanol–water partition coefficient (Wildman–Crippen LogP) is 0.751. The van der Waals surface area contributed by atoms with E-state index in [1.807, 2.05) is 19.9 Å². The minimum absolute atomic E-state index is 0.119. The van der Waals surface area contributed by atoms with Crippen LogP contribution in [-0.4, -0.2) is 33.7 Å². The van der Waals surface area contributed by atoms with Crippen LogP contribution in [-0.2, 0) is 11.3 Å². The largest absolute Gasteiger partial charge is 0.342 e. The molecule has 4 heteroatoms. The molecule has 0 aromatic carbocycles. The molecule has 1 rings (SSSR count). The standard InChI is InChI=1S/C9H15N3O/c1-3-11(4-2)9(13)8-12-7-5-6-10-12/h5-7H,3-4,8H2,1-2H3. The summed E-state index contributed by atoms with van der Waals surface area (Å²) in [6, 6.07) is 1.81. The first-order valence-corrected chi connectivity index (χ1v) is 4.53. The minimum Gasteiger partial charge on any atom is -0.342 e. The normalized spacial score (nSPS) is 10.0. The average Bonchev–Trinajstić information content (AvgIpc) is 2.59. The van der Waals surface area contributed by atoms with E-state index >= 15 is 0 Å². The van der Waals surface area contributed by atoms with Crippen molar-refractivity contribution in [3.63, 3.8) is 0 Å². The van der Waals surface area contributed by atoms with Crippen LogP contribution in [0, 0.1) is 0 Å². The van der Waals surface area contributed by atoms with E-state index in [4.69, 9.17) is 0 Å². The third-order valence-corrected chi connectivity index (χ3v) is 1.97. The summed E-state index contributed by atoms with van der Waals surface area (Å²) < 4.78 is 1.64. The molecule has 1 heterocycles. The molecular weight excluding hydrogens is 166 g/mol. The highest BCUT2D eigenvalue weighted by atomic mass is 16.2. The van der Waals surface area contributed by atoms with Crippen molar-refractivity contribution in [3.05, 3.63) is 18.5 Å². The highest BCUT2D eigenvalue weighted by molar-refractivity contribution is 5.75. The van der Waals surface area contributed by atoms with Crippen molar-refractivity contribution >= 4 is 5.91 Å². The second kappa shape index (κ2) is 4.64. The number of likely N-dealkylation sites (N-methyl/N-ethyl adjacent to an activating group) is 1. The topological polar surface area (TPSA) is 38.1 Å². The summed E-state index contributed by atoms with van der Waals surface area (Å²) in [5, 5.41) is 3.98. The zero-order valence-corrected chi connectivity index (χ0v) is 8.10. The predicted molar refractivity (Wildman–Crippen MR) is 50.2 cm³/mol. The van der Waals surface area contributed by atoms with Crippen LogP contribution in [0.25, 0.3) is 0 Å². The van der Waals surface area contributed by atoms with Crippen LogP contribution in [0.15, 0.2) is 18.5 Å². The van der Waals surface area contributed by atoms with Crippen molar-refractivity contribution in [2.24, 2.45) is 0 Å². The van der Waals surface area contributed by atoms with E-state index in [1.165, 1.54) is 0 Å². The second-order valence-electron chi connectivity index (χ2n) is 2.77. The van der Waals surface area contributed by atoms with Gasteiger partial charge in [-0.15, -0.1) is 0 Å². The first-order valence-electron chi connectivity index (χ1n) is 4.53. The van der Waals surface area contributed by atoms with Crippen molar-refractivity contribution in [1.29, 1.82) is 0 Å². The number of amides is 1. The molecule has 1 aromatic rings. The Kier molecular flexibility index (Phi) is 3.49. The molecule has 0 bridgehead atoms. The van der Waals surface area contributed by atoms with Gasteiger partial charge in [-0.3, -0.25) is 9.48 Å². The molecule has 72 valence electrons. The molecule has 13 heavy (non-hydrogen) atoms. The fourth-order valence-electron chi connectivity index (χ4n) is 1.21. The van der Waals surface area contributed by atoms with Gasteiger partial charge in [-0.05, 0) is 19.9 Å². The molecule has 1 aromatic heterocycles. The number of nitrogens with zero attached hydrogens (tertiary/aromatic N) is 3. The SMILES string of the molecule is CCN(CC)C(=O)Cn1cccn1. The summed E-state index contributed by atoms with van der Waals surface area (Å²) >= 11 is 0. The maximum Gasteiger partial charge on any atom is 0.244 e. The Morgan fingerprint density at radius 3 is 2.62 bits per heavy atom. The molecule has 0 aliphatic rings. The molecule has 0 fully saturated rings. The van der Waals surface area contributed by atoms with Crippen LogP contribution in [0.3, 0.4) is 0 Å². The van der Waals surface area contributed by atoms with E-state index in [2.05, 4.69) is 5.10 Å². The lowest BCUT2D eigenvalue weighted by atomic mass is 10.4. The summed E-state index contributed by atoms with van der Waals surface area (Å²) in [5.74, 6) is 0.119. The molecule has 0 saturated carbocycles. The van der Waals surface area contributed by atoms with Gasteiger partial charge in [0.15, 0.2) is 0 Å². The van der Waals surface area contributed by atoms with Gasteiger partial charge < -0.3 is 4.90 Å². The maximum atomic E-state index is 11.5. The van der Waals surface area contributed by atoms with Crippen LogP contribution in [0.1, 0.15) is 13.8 Å². The fourth-order valence-corrected chi connectivity index (χ4v) is 1.21. The minimum atomic E-state index is 0.119. The number of hydrogen-bond donors (Lipinski definition) is 0. The van der Waals surface area contributed by atoms with Crippen molar-refractivity contribution in [2.45, 2.75) is 20.4 Å². The fraction of sp³-hybridized carbons (Fsp3) is 0.556. The van der Waals surface area contributed by atoms with Gasteiger partial charge in [0.1, 0.15) is 6.54 Å². The van der Waals surface area contributed by atoms with E-state index in [9.17, 15) is 4.79 Å². The Hall–Kier alpha value is -1.32. The van der Waals surface area contributed by atoms with Gasteiger partial charge in [0.05, 0.1) is 0 Å². The van der Waals surface area contributed by atoms with Crippen molar-refractivity contribution in [3.8, 4) is 0 Å².